The average Bonchev–Trinajstić information content (AvgIpc) is 2.67. The van der Waals surface area contributed by atoms with E-state index in [2.05, 4.69) is 20.6 Å². The molecule has 1 aliphatic heterocycles. The molecule has 1 aliphatic rings. The second-order valence-electron chi connectivity index (χ2n) is 7.85. The van der Waals surface area contributed by atoms with Crippen LogP contribution >= 0.6 is 0 Å². The van der Waals surface area contributed by atoms with Gasteiger partial charge in [-0.3, -0.25) is 4.98 Å². The average molecular weight is 384 g/mol. The van der Waals surface area contributed by atoms with Crippen LogP contribution in [0.2, 0.25) is 0 Å². The van der Waals surface area contributed by atoms with Crippen LogP contribution < -0.4 is 10.6 Å². The fourth-order valence-electron chi connectivity index (χ4n) is 3.12. The Morgan fingerprint density at radius 3 is 2.68 bits per heavy atom. The number of hydrogen-bond acceptors (Lipinski definition) is 7. The third-order valence-electron chi connectivity index (χ3n) is 4.40. The Morgan fingerprint density at radius 1 is 1.25 bits per heavy atom. The van der Waals surface area contributed by atoms with Gasteiger partial charge in [0.05, 0.1) is 11.9 Å². The molecule has 150 valence electrons. The van der Waals surface area contributed by atoms with E-state index in [-0.39, 0.29) is 12.1 Å². The summed E-state index contributed by atoms with van der Waals surface area (Å²) in [7, 11) is 1.81. The molecule has 0 aliphatic carbocycles. The Balaban J connectivity index is 1.74. The van der Waals surface area contributed by atoms with Crippen molar-refractivity contribution in [1.82, 2.24) is 19.9 Å². The normalized spacial score (nSPS) is 17.1. The van der Waals surface area contributed by atoms with E-state index in [1.54, 1.807) is 23.5 Å². The van der Waals surface area contributed by atoms with Gasteiger partial charge in [0.2, 0.25) is 0 Å². The van der Waals surface area contributed by atoms with E-state index < -0.39 is 5.60 Å². The second-order valence-corrected chi connectivity index (χ2v) is 7.85. The number of nitrogens with one attached hydrogen (secondary N) is 2. The molecule has 0 spiro atoms. The standard InChI is InChI=1S/C20H28N6O2/c1-20(2,3)28-19(27)26-11-5-6-15(13-26)24-18-17(21-4)23-12-16(25-18)14-7-9-22-10-8-14/h7-10,12,15H,5-6,11,13H2,1-4H3,(H,21,23)(H,24,25). The highest BCUT2D eigenvalue weighted by Crippen LogP contribution is 2.25. The predicted octanol–water partition coefficient (Wildman–Crippen LogP) is 3.39. The minimum atomic E-state index is -0.499. The number of rotatable bonds is 4. The maximum Gasteiger partial charge on any atom is 0.410 e. The lowest BCUT2D eigenvalue weighted by molar-refractivity contribution is 0.0206. The van der Waals surface area contributed by atoms with E-state index >= 15 is 0 Å². The molecule has 1 amide bonds. The van der Waals surface area contributed by atoms with E-state index in [9.17, 15) is 4.79 Å². The maximum absolute atomic E-state index is 12.4. The summed E-state index contributed by atoms with van der Waals surface area (Å²) in [5.74, 6) is 1.35. The van der Waals surface area contributed by atoms with Gasteiger partial charge < -0.3 is 20.3 Å². The molecule has 2 aromatic heterocycles. The number of carbonyl (C=O) groups is 1. The predicted molar refractivity (Wildman–Crippen MR) is 109 cm³/mol. The van der Waals surface area contributed by atoms with Crippen LogP contribution in [0.25, 0.3) is 11.3 Å². The molecule has 1 saturated heterocycles. The van der Waals surface area contributed by atoms with Crippen LogP contribution in [0.4, 0.5) is 16.4 Å². The van der Waals surface area contributed by atoms with Crippen LogP contribution in [0.1, 0.15) is 33.6 Å². The summed E-state index contributed by atoms with van der Waals surface area (Å²) < 4.78 is 5.51. The summed E-state index contributed by atoms with van der Waals surface area (Å²) in [6, 6.07) is 3.88. The fraction of sp³-hybridized carbons (Fsp3) is 0.500. The first-order valence-corrected chi connectivity index (χ1v) is 9.55. The number of anilines is 2. The van der Waals surface area contributed by atoms with Gasteiger partial charge in [-0.25, -0.2) is 14.8 Å². The van der Waals surface area contributed by atoms with Crippen molar-refractivity contribution in [1.29, 1.82) is 0 Å². The number of piperidine rings is 1. The van der Waals surface area contributed by atoms with Gasteiger partial charge in [-0.2, -0.15) is 0 Å². The monoisotopic (exact) mass is 384 g/mol. The quantitative estimate of drug-likeness (QED) is 0.835. The van der Waals surface area contributed by atoms with Gasteiger partial charge in [0, 0.05) is 44.1 Å². The van der Waals surface area contributed by atoms with Gasteiger partial charge in [0.25, 0.3) is 0 Å². The molecule has 3 rings (SSSR count). The molecular formula is C20H28N6O2. The first-order chi connectivity index (χ1) is 13.4. The van der Waals surface area contributed by atoms with E-state index in [1.165, 1.54) is 0 Å². The number of carbonyl (C=O) groups excluding carboxylic acids is 1. The van der Waals surface area contributed by atoms with Crippen molar-refractivity contribution in [3.05, 3.63) is 30.7 Å². The van der Waals surface area contributed by atoms with Crippen molar-refractivity contribution in [2.75, 3.05) is 30.8 Å². The zero-order valence-electron chi connectivity index (χ0n) is 16.9. The summed E-state index contributed by atoms with van der Waals surface area (Å²) in [6.45, 7) is 6.91. The lowest BCUT2D eigenvalue weighted by Gasteiger charge is -2.34. The molecule has 1 atom stereocenters. The highest BCUT2D eigenvalue weighted by molar-refractivity contribution is 5.69. The number of nitrogens with zero attached hydrogens (tertiary/aromatic N) is 4. The molecule has 1 unspecified atom stereocenters. The third-order valence-corrected chi connectivity index (χ3v) is 4.40. The van der Waals surface area contributed by atoms with Gasteiger partial charge in [-0.05, 0) is 45.7 Å². The first kappa shape index (κ1) is 19.9. The van der Waals surface area contributed by atoms with Crippen molar-refractivity contribution >= 4 is 17.7 Å². The number of pyridine rings is 1. The van der Waals surface area contributed by atoms with Gasteiger partial charge in [-0.15, -0.1) is 0 Å². The minimum Gasteiger partial charge on any atom is -0.444 e. The molecular weight excluding hydrogens is 356 g/mol. The largest absolute Gasteiger partial charge is 0.444 e. The van der Waals surface area contributed by atoms with Gasteiger partial charge in [0.1, 0.15) is 5.60 Å². The second kappa shape index (κ2) is 8.41. The summed E-state index contributed by atoms with van der Waals surface area (Å²) in [6.07, 6.45) is 6.78. The summed E-state index contributed by atoms with van der Waals surface area (Å²) in [5.41, 5.74) is 1.22. The number of hydrogen-bond donors (Lipinski definition) is 2. The molecule has 8 heteroatoms. The Bertz CT molecular complexity index is 806. The topological polar surface area (TPSA) is 92.3 Å². The van der Waals surface area contributed by atoms with Crippen molar-refractivity contribution < 1.29 is 9.53 Å². The SMILES string of the molecule is CNc1ncc(-c2ccncc2)nc1NC1CCCN(C(=O)OC(C)(C)C)C1. The van der Waals surface area contributed by atoms with Crippen LogP contribution in [-0.2, 0) is 4.74 Å². The lowest BCUT2D eigenvalue weighted by Crippen LogP contribution is -2.47. The van der Waals surface area contributed by atoms with E-state index in [4.69, 9.17) is 9.72 Å². The summed E-state index contributed by atoms with van der Waals surface area (Å²) >= 11 is 0. The van der Waals surface area contributed by atoms with Crippen LogP contribution in [0, 0.1) is 0 Å². The highest BCUT2D eigenvalue weighted by atomic mass is 16.6. The number of likely N-dealkylation sites (tertiary alicyclic amines) is 1. The molecule has 0 aromatic carbocycles. The highest BCUT2D eigenvalue weighted by Gasteiger charge is 2.28. The van der Waals surface area contributed by atoms with Crippen molar-refractivity contribution in [3.8, 4) is 11.3 Å². The molecule has 0 radical (unpaired) electrons. The first-order valence-electron chi connectivity index (χ1n) is 9.55. The van der Waals surface area contributed by atoms with Crippen LogP contribution in [-0.4, -0.2) is 57.7 Å². The molecule has 0 saturated carbocycles. The zero-order chi connectivity index (χ0) is 20.1. The molecule has 28 heavy (non-hydrogen) atoms. The smallest absolute Gasteiger partial charge is 0.410 e. The minimum absolute atomic E-state index is 0.0790. The third kappa shape index (κ3) is 5.09. The van der Waals surface area contributed by atoms with Gasteiger partial charge in [-0.1, -0.05) is 0 Å². The number of aromatic nitrogens is 3. The fourth-order valence-corrected chi connectivity index (χ4v) is 3.12. The van der Waals surface area contributed by atoms with Crippen LogP contribution in [0.5, 0.6) is 0 Å². The molecule has 8 nitrogen and oxygen atoms in total. The number of ether oxygens (including phenoxy) is 1. The van der Waals surface area contributed by atoms with E-state index in [0.717, 1.165) is 24.1 Å². The molecule has 0 bridgehead atoms. The summed E-state index contributed by atoms with van der Waals surface area (Å²) in [4.78, 5) is 27.4. The Morgan fingerprint density at radius 2 is 2.00 bits per heavy atom. The van der Waals surface area contributed by atoms with Crippen molar-refractivity contribution in [2.45, 2.75) is 45.3 Å². The van der Waals surface area contributed by atoms with E-state index in [0.29, 0.717) is 24.7 Å². The van der Waals surface area contributed by atoms with Crippen molar-refractivity contribution in [3.63, 3.8) is 0 Å². The zero-order valence-corrected chi connectivity index (χ0v) is 16.9. The number of amides is 1. The van der Waals surface area contributed by atoms with Gasteiger partial charge >= 0.3 is 6.09 Å². The Labute approximate surface area is 165 Å². The maximum atomic E-state index is 12.4. The summed E-state index contributed by atoms with van der Waals surface area (Å²) in [5, 5.41) is 6.53. The molecule has 1 fully saturated rings. The molecule has 2 aromatic rings. The van der Waals surface area contributed by atoms with Crippen molar-refractivity contribution in [2.24, 2.45) is 0 Å². The van der Waals surface area contributed by atoms with E-state index in [1.807, 2.05) is 40.0 Å². The Kier molecular flexibility index (Phi) is 5.96. The Hall–Kier alpha value is -2.90. The molecule has 3 heterocycles. The van der Waals surface area contributed by atoms with Gasteiger partial charge in [0.15, 0.2) is 11.6 Å². The lowest BCUT2D eigenvalue weighted by atomic mass is 10.1. The molecule has 2 N–H and O–H groups in total. The van der Waals surface area contributed by atoms with Crippen LogP contribution in [0.15, 0.2) is 30.7 Å². The van der Waals surface area contributed by atoms with Crippen LogP contribution in [0.3, 0.4) is 0 Å².